The van der Waals surface area contributed by atoms with Gasteiger partial charge in [0.25, 0.3) is 0 Å². The Hall–Kier alpha value is -2.44. The van der Waals surface area contributed by atoms with Crippen molar-refractivity contribution in [2.75, 3.05) is 13.2 Å². The summed E-state index contributed by atoms with van der Waals surface area (Å²) in [5, 5.41) is 5.62. The number of carbonyl (C=O) groups excluding carboxylic acids is 1. The third-order valence-corrected chi connectivity index (χ3v) is 4.98. The quantitative estimate of drug-likeness (QED) is 0.549. The van der Waals surface area contributed by atoms with Crippen molar-refractivity contribution in [1.82, 2.24) is 9.78 Å². The lowest BCUT2D eigenvalue weighted by atomic mass is 10.2. The molecule has 26 heavy (non-hydrogen) atoms. The van der Waals surface area contributed by atoms with E-state index in [0.29, 0.717) is 18.1 Å². The molecule has 3 rings (SSSR count). The van der Waals surface area contributed by atoms with Gasteiger partial charge in [-0.3, -0.25) is 0 Å². The predicted octanol–water partition coefficient (Wildman–Crippen LogP) is 5.00. The van der Waals surface area contributed by atoms with Crippen molar-refractivity contribution in [2.24, 2.45) is 0 Å². The summed E-state index contributed by atoms with van der Waals surface area (Å²) in [6.07, 6.45) is 3.77. The molecule has 0 saturated carbocycles. The molecule has 0 saturated heterocycles. The van der Waals surface area contributed by atoms with Crippen LogP contribution < -0.4 is 0 Å². The van der Waals surface area contributed by atoms with Crippen LogP contribution in [-0.4, -0.2) is 29.0 Å². The van der Waals surface area contributed by atoms with Gasteiger partial charge in [-0.15, -0.1) is 11.3 Å². The maximum Gasteiger partial charge on any atom is 0.348 e. The van der Waals surface area contributed by atoms with E-state index in [4.69, 9.17) is 14.6 Å². The topological polar surface area (TPSA) is 53.3 Å². The fourth-order valence-electron chi connectivity index (χ4n) is 2.67. The lowest BCUT2D eigenvalue weighted by Crippen LogP contribution is -2.10. The van der Waals surface area contributed by atoms with E-state index in [9.17, 15) is 4.79 Å². The summed E-state index contributed by atoms with van der Waals surface area (Å²) >= 11 is 1.38. The van der Waals surface area contributed by atoms with Gasteiger partial charge in [0.15, 0.2) is 0 Å². The van der Waals surface area contributed by atoms with Crippen LogP contribution in [0.5, 0.6) is 0 Å². The van der Waals surface area contributed by atoms with E-state index >= 15 is 0 Å². The highest BCUT2D eigenvalue weighted by atomic mass is 32.1. The van der Waals surface area contributed by atoms with E-state index in [1.54, 1.807) is 6.92 Å². The molecule has 6 heteroatoms. The van der Waals surface area contributed by atoms with Crippen LogP contribution in [0.25, 0.3) is 22.4 Å². The highest BCUT2D eigenvalue weighted by Crippen LogP contribution is 2.32. The minimum atomic E-state index is -0.303. The second kappa shape index (κ2) is 8.29. The molecule has 0 aliphatic heterocycles. The molecule has 1 aromatic carbocycles. The van der Waals surface area contributed by atoms with E-state index in [1.807, 2.05) is 67.1 Å². The second-order valence-electron chi connectivity index (χ2n) is 5.68. The molecule has 5 nitrogen and oxygen atoms in total. The highest BCUT2D eigenvalue weighted by Gasteiger charge is 2.20. The number of hydrogen-bond acceptors (Lipinski definition) is 5. The molecule has 136 valence electrons. The van der Waals surface area contributed by atoms with Crippen LogP contribution >= 0.6 is 11.3 Å². The molecule has 0 aliphatic rings. The number of rotatable bonds is 7. The van der Waals surface area contributed by atoms with Gasteiger partial charge < -0.3 is 9.47 Å². The van der Waals surface area contributed by atoms with Gasteiger partial charge in [-0.2, -0.15) is 5.10 Å². The average molecular weight is 370 g/mol. The number of aromatic nitrogens is 2. The van der Waals surface area contributed by atoms with E-state index < -0.39 is 0 Å². The molecule has 0 spiro atoms. The Morgan fingerprint density at radius 3 is 2.69 bits per heavy atom. The number of thiophene rings is 1. The molecule has 0 bridgehead atoms. The number of fused-ring (bicyclic) bond motifs is 1. The summed E-state index contributed by atoms with van der Waals surface area (Å²) in [5.41, 5.74) is 1.90. The average Bonchev–Trinajstić information content (AvgIpc) is 3.21. The molecule has 0 aliphatic carbocycles. The van der Waals surface area contributed by atoms with Crippen LogP contribution in [0.15, 0.2) is 36.4 Å². The molecular weight excluding hydrogens is 348 g/mol. The molecule has 3 aromatic rings. The van der Waals surface area contributed by atoms with E-state index in [2.05, 4.69) is 0 Å². The number of nitrogens with zero attached hydrogens (tertiary/aromatic N) is 2. The summed E-state index contributed by atoms with van der Waals surface area (Å²) in [6.45, 7) is 6.65. The first-order valence-corrected chi connectivity index (χ1v) is 9.49. The Morgan fingerprint density at radius 1 is 1.23 bits per heavy atom. The molecule has 1 unspecified atom stereocenters. The Balaban J connectivity index is 2.03. The van der Waals surface area contributed by atoms with Crippen molar-refractivity contribution in [3.63, 3.8) is 0 Å². The molecule has 0 amide bonds. The minimum Gasteiger partial charge on any atom is -0.462 e. The number of esters is 1. The van der Waals surface area contributed by atoms with E-state index in [-0.39, 0.29) is 12.2 Å². The maximum absolute atomic E-state index is 12.1. The standard InChI is InChI=1S/C20H22N2O3S/c1-4-24-14(3)22-19-16(13-18(26-19)20(23)25-5-2)17(21-22)12-11-15-9-7-6-8-10-15/h6-14H,4-5H2,1-3H3. The first-order chi connectivity index (χ1) is 12.6. The first-order valence-electron chi connectivity index (χ1n) is 8.68. The Morgan fingerprint density at radius 2 is 2.00 bits per heavy atom. The molecular formula is C20H22N2O3S. The van der Waals surface area contributed by atoms with E-state index in [0.717, 1.165) is 21.5 Å². The fourth-order valence-corrected chi connectivity index (χ4v) is 3.76. The van der Waals surface area contributed by atoms with Crippen LogP contribution in [0.3, 0.4) is 0 Å². The zero-order chi connectivity index (χ0) is 18.5. The Kier molecular flexibility index (Phi) is 5.85. The largest absolute Gasteiger partial charge is 0.462 e. The zero-order valence-corrected chi connectivity index (χ0v) is 16.0. The third-order valence-electron chi connectivity index (χ3n) is 3.87. The SMILES string of the molecule is CCOC(=O)c1cc2c(C=Cc3ccccc3)nn(C(C)OCC)c2s1. The van der Waals surface area contributed by atoms with Gasteiger partial charge in [0.1, 0.15) is 15.9 Å². The maximum atomic E-state index is 12.1. The van der Waals surface area contributed by atoms with Crippen molar-refractivity contribution < 1.29 is 14.3 Å². The van der Waals surface area contributed by atoms with Gasteiger partial charge in [-0.05, 0) is 38.5 Å². The van der Waals surface area contributed by atoms with Gasteiger partial charge in [0.2, 0.25) is 0 Å². The van der Waals surface area contributed by atoms with Crippen molar-refractivity contribution in [3.8, 4) is 0 Å². The molecule has 0 fully saturated rings. The van der Waals surface area contributed by atoms with E-state index in [1.165, 1.54) is 11.3 Å². The summed E-state index contributed by atoms with van der Waals surface area (Å²) in [7, 11) is 0. The van der Waals surface area contributed by atoms with Gasteiger partial charge in [-0.25, -0.2) is 9.48 Å². The van der Waals surface area contributed by atoms with Gasteiger partial charge >= 0.3 is 5.97 Å². The number of benzene rings is 1. The summed E-state index contributed by atoms with van der Waals surface area (Å²) < 4.78 is 12.7. The van der Waals surface area contributed by atoms with Crippen LogP contribution in [0.1, 0.15) is 47.9 Å². The van der Waals surface area contributed by atoms with Crippen LogP contribution in [0, 0.1) is 0 Å². The molecule has 1 atom stereocenters. The number of hydrogen-bond donors (Lipinski definition) is 0. The molecule has 0 radical (unpaired) electrons. The monoisotopic (exact) mass is 370 g/mol. The van der Waals surface area contributed by atoms with Crippen LogP contribution in [0.4, 0.5) is 0 Å². The highest BCUT2D eigenvalue weighted by molar-refractivity contribution is 7.20. The molecule has 2 heterocycles. The van der Waals surface area contributed by atoms with Crippen LogP contribution in [0.2, 0.25) is 0 Å². The van der Waals surface area contributed by atoms with Crippen molar-refractivity contribution in [3.05, 3.63) is 52.5 Å². The third kappa shape index (κ3) is 3.86. The molecule has 0 N–H and O–H groups in total. The normalized spacial score (nSPS) is 12.7. The van der Waals surface area contributed by atoms with Crippen molar-refractivity contribution in [2.45, 2.75) is 27.0 Å². The second-order valence-corrected chi connectivity index (χ2v) is 6.71. The minimum absolute atomic E-state index is 0.213. The predicted molar refractivity (Wildman–Crippen MR) is 105 cm³/mol. The fraction of sp³-hybridized carbons (Fsp3) is 0.300. The lowest BCUT2D eigenvalue weighted by molar-refractivity contribution is 0.0195. The number of ether oxygens (including phenoxy) is 2. The van der Waals surface area contributed by atoms with Crippen molar-refractivity contribution in [1.29, 1.82) is 0 Å². The number of carbonyl (C=O) groups is 1. The van der Waals surface area contributed by atoms with Crippen LogP contribution in [-0.2, 0) is 9.47 Å². The Labute approximate surface area is 156 Å². The van der Waals surface area contributed by atoms with Crippen molar-refractivity contribution >= 4 is 39.7 Å². The summed E-state index contributed by atoms with van der Waals surface area (Å²) in [4.78, 5) is 13.6. The van der Waals surface area contributed by atoms with Gasteiger partial charge in [-0.1, -0.05) is 36.4 Å². The summed E-state index contributed by atoms with van der Waals surface area (Å²) in [5.74, 6) is -0.303. The van der Waals surface area contributed by atoms with Gasteiger partial charge in [0, 0.05) is 12.0 Å². The lowest BCUT2D eigenvalue weighted by Gasteiger charge is -2.12. The van der Waals surface area contributed by atoms with Gasteiger partial charge in [0.05, 0.1) is 12.3 Å². The smallest absolute Gasteiger partial charge is 0.348 e. The first kappa shape index (κ1) is 18.4. The Bertz CT molecular complexity index is 912. The molecule has 2 aromatic heterocycles. The summed E-state index contributed by atoms with van der Waals surface area (Å²) in [6, 6.07) is 11.9. The zero-order valence-electron chi connectivity index (χ0n) is 15.1.